The highest BCUT2D eigenvalue weighted by Crippen LogP contribution is 2.29. The molecule has 1 fully saturated rings. The standard InChI is InChI=1S/C20H29N5O5/c1-6-24(7-2)17(27)13-23(4)12-16(26)22-25-18(28)20(3,21-19(25)29)14-8-10-15(30-5)11-9-14/h8-11H,6-7,12-13H2,1-5H3,(H,21,29)(H,22,26). The monoisotopic (exact) mass is 419 g/mol. The number of nitrogens with one attached hydrogen (secondary N) is 2. The van der Waals surface area contributed by atoms with Crippen molar-refractivity contribution in [3.05, 3.63) is 29.8 Å². The predicted molar refractivity (Wildman–Crippen MR) is 109 cm³/mol. The molecular formula is C20H29N5O5. The van der Waals surface area contributed by atoms with E-state index in [0.29, 0.717) is 29.4 Å². The predicted octanol–water partition coefficient (Wildman–Crippen LogP) is 0.294. The van der Waals surface area contributed by atoms with Crippen LogP contribution in [0.5, 0.6) is 5.75 Å². The van der Waals surface area contributed by atoms with Gasteiger partial charge >= 0.3 is 6.03 Å². The van der Waals surface area contributed by atoms with Crippen LogP contribution in [-0.2, 0) is 19.9 Å². The normalized spacial score (nSPS) is 18.4. The van der Waals surface area contributed by atoms with E-state index in [4.69, 9.17) is 4.74 Å². The van der Waals surface area contributed by atoms with Crippen molar-refractivity contribution >= 4 is 23.8 Å². The molecule has 10 nitrogen and oxygen atoms in total. The molecule has 0 aliphatic carbocycles. The molecular weight excluding hydrogens is 390 g/mol. The highest BCUT2D eigenvalue weighted by molar-refractivity contribution is 6.08. The zero-order valence-electron chi connectivity index (χ0n) is 18.0. The second-order valence-corrected chi connectivity index (χ2v) is 7.20. The number of benzene rings is 1. The summed E-state index contributed by atoms with van der Waals surface area (Å²) in [5, 5.41) is 3.29. The molecule has 164 valence electrons. The number of carbonyl (C=O) groups is 4. The maximum Gasteiger partial charge on any atom is 0.344 e. The largest absolute Gasteiger partial charge is 0.497 e. The summed E-state index contributed by atoms with van der Waals surface area (Å²) in [6.07, 6.45) is 0. The van der Waals surface area contributed by atoms with Gasteiger partial charge in [0.1, 0.15) is 11.3 Å². The molecule has 5 amide bonds. The van der Waals surface area contributed by atoms with Gasteiger partial charge in [0.15, 0.2) is 0 Å². The van der Waals surface area contributed by atoms with Crippen LogP contribution in [0.3, 0.4) is 0 Å². The number of methoxy groups -OCH3 is 1. The Morgan fingerprint density at radius 1 is 1.13 bits per heavy atom. The lowest BCUT2D eigenvalue weighted by atomic mass is 9.92. The Morgan fingerprint density at radius 2 is 1.73 bits per heavy atom. The van der Waals surface area contributed by atoms with Crippen molar-refractivity contribution in [3.8, 4) is 5.75 Å². The van der Waals surface area contributed by atoms with Gasteiger partial charge in [-0.2, -0.15) is 5.01 Å². The van der Waals surface area contributed by atoms with Crippen LogP contribution < -0.4 is 15.5 Å². The van der Waals surface area contributed by atoms with Crippen LogP contribution in [0.4, 0.5) is 4.79 Å². The van der Waals surface area contributed by atoms with Crippen molar-refractivity contribution in [1.29, 1.82) is 0 Å². The first-order valence-electron chi connectivity index (χ1n) is 9.73. The lowest BCUT2D eigenvalue weighted by Gasteiger charge is -2.24. The SMILES string of the molecule is CCN(CC)C(=O)CN(C)CC(=O)NN1C(=O)NC(C)(c2ccc(OC)cc2)C1=O. The van der Waals surface area contributed by atoms with Gasteiger partial charge in [-0.3, -0.25) is 24.7 Å². The number of amides is 5. The first kappa shape index (κ1) is 23.1. The van der Waals surface area contributed by atoms with E-state index in [0.717, 1.165) is 0 Å². The van der Waals surface area contributed by atoms with Crippen molar-refractivity contribution in [2.45, 2.75) is 26.3 Å². The molecule has 0 aromatic heterocycles. The van der Waals surface area contributed by atoms with Gasteiger partial charge < -0.3 is 15.0 Å². The Balaban J connectivity index is 2.00. The molecule has 1 saturated heterocycles. The van der Waals surface area contributed by atoms with Crippen molar-refractivity contribution in [2.24, 2.45) is 0 Å². The van der Waals surface area contributed by atoms with Crippen LogP contribution in [0.2, 0.25) is 0 Å². The fourth-order valence-electron chi connectivity index (χ4n) is 3.23. The molecule has 1 heterocycles. The fourth-order valence-corrected chi connectivity index (χ4v) is 3.23. The molecule has 0 radical (unpaired) electrons. The highest BCUT2D eigenvalue weighted by Gasteiger charge is 2.50. The number of urea groups is 1. The van der Waals surface area contributed by atoms with Crippen LogP contribution in [0.25, 0.3) is 0 Å². The summed E-state index contributed by atoms with van der Waals surface area (Å²) in [6, 6.07) is 5.99. The number of hydrazine groups is 1. The van der Waals surface area contributed by atoms with E-state index in [1.807, 2.05) is 13.8 Å². The summed E-state index contributed by atoms with van der Waals surface area (Å²) >= 11 is 0. The van der Waals surface area contributed by atoms with Crippen molar-refractivity contribution in [3.63, 3.8) is 0 Å². The third-order valence-corrected chi connectivity index (χ3v) is 5.03. The number of rotatable bonds is 9. The van der Waals surface area contributed by atoms with Crippen molar-refractivity contribution in [2.75, 3.05) is 40.3 Å². The Labute approximate surface area is 176 Å². The number of hydrogen-bond acceptors (Lipinski definition) is 6. The van der Waals surface area contributed by atoms with E-state index in [-0.39, 0.29) is 19.0 Å². The average molecular weight is 419 g/mol. The van der Waals surface area contributed by atoms with Crippen LogP contribution in [-0.4, -0.2) is 78.9 Å². The van der Waals surface area contributed by atoms with E-state index < -0.39 is 23.4 Å². The smallest absolute Gasteiger partial charge is 0.344 e. The van der Waals surface area contributed by atoms with E-state index in [1.54, 1.807) is 43.1 Å². The van der Waals surface area contributed by atoms with E-state index >= 15 is 0 Å². The van der Waals surface area contributed by atoms with Crippen molar-refractivity contribution < 1.29 is 23.9 Å². The zero-order chi connectivity index (χ0) is 22.5. The number of imide groups is 1. The third-order valence-electron chi connectivity index (χ3n) is 5.03. The molecule has 0 bridgehead atoms. The molecule has 1 aromatic rings. The summed E-state index contributed by atoms with van der Waals surface area (Å²) in [4.78, 5) is 52.9. The number of hydrogen-bond donors (Lipinski definition) is 2. The maximum absolute atomic E-state index is 12.9. The number of ether oxygens (including phenoxy) is 1. The quantitative estimate of drug-likeness (QED) is 0.557. The maximum atomic E-state index is 12.9. The van der Waals surface area contributed by atoms with Crippen LogP contribution in [0.15, 0.2) is 24.3 Å². The molecule has 1 atom stereocenters. The zero-order valence-corrected chi connectivity index (χ0v) is 18.0. The molecule has 0 saturated carbocycles. The summed E-state index contributed by atoms with van der Waals surface area (Å²) in [6.45, 7) is 6.40. The number of carbonyl (C=O) groups excluding carboxylic acids is 4. The summed E-state index contributed by atoms with van der Waals surface area (Å²) in [5.41, 5.74) is 1.57. The van der Waals surface area contributed by atoms with Crippen LogP contribution >= 0.6 is 0 Å². The highest BCUT2D eigenvalue weighted by atomic mass is 16.5. The van der Waals surface area contributed by atoms with Gasteiger partial charge in [0, 0.05) is 13.1 Å². The van der Waals surface area contributed by atoms with Gasteiger partial charge in [0.25, 0.3) is 11.8 Å². The van der Waals surface area contributed by atoms with Gasteiger partial charge in [-0.25, -0.2) is 4.79 Å². The first-order chi connectivity index (χ1) is 14.2. The molecule has 0 spiro atoms. The molecule has 1 unspecified atom stereocenters. The Hall–Kier alpha value is -3.14. The summed E-state index contributed by atoms with van der Waals surface area (Å²) in [5.74, 6) is -0.663. The molecule has 1 aromatic carbocycles. The minimum absolute atomic E-state index is 0.0544. The van der Waals surface area contributed by atoms with Gasteiger partial charge in [0.2, 0.25) is 5.91 Å². The minimum atomic E-state index is -1.32. The second kappa shape index (κ2) is 9.57. The Bertz CT molecular complexity index is 808. The van der Waals surface area contributed by atoms with E-state index in [9.17, 15) is 19.2 Å². The molecule has 2 rings (SSSR count). The molecule has 2 N–H and O–H groups in total. The minimum Gasteiger partial charge on any atom is -0.497 e. The molecule has 10 heteroatoms. The van der Waals surface area contributed by atoms with E-state index in [1.165, 1.54) is 12.0 Å². The summed E-state index contributed by atoms with van der Waals surface area (Å²) < 4.78 is 5.11. The average Bonchev–Trinajstić information content (AvgIpc) is 2.92. The third kappa shape index (κ3) is 4.88. The molecule has 30 heavy (non-hydrogen) atoms. The number of nitrogens with zero attached hydrogens (tertiary/aromatic N) is 3. The van der Waals surface area contributed by atoms with Gasteiger partial charge in [0.05, 0.1) is 20.2 Å². The summed E-state index contributed by atoms with van der Waals surface area (Å²) in [7, 11) is 3.15. The lowest BCUT2D eigenvalue weighted by molar-refractivity contribution is -0.140. The van der Waals surface area contributed by atoms with E-state index in [2.05, 4.69) is 10.7 Å². The lowest BCUT2D eigenvalue weighted by Crippen LogP contribution is -2.51. The van der Waals surface area contributed by atoms with Gasteiger partial charge in [-0.05, 0) is 45.5 Å². The molecule has 1 aliphatic heterocycles. The topological polar surface area (TPSA) is 111 Å². The van der Waals surface area contributed by atoms with Gasteiger partial charge in [-0.15, -0.1) is 0 Å². The first-order valence-corrected chi connectivity index (χ1v) is 9.73. The molecule has 1 aliphatic rings. The Kier molecular flexibility index (Phi) is 7.38. The number of likely N-dealkylation sites (N-methyl/N-ethyl adjacent to an activating group) is 2. The fraction of sp³-hybridized carbons (Fsp3) is 0.500. The van der Waals surface area contributed by atoms with Gasteiger partial charge in [-0.1, -0.05) is 12.1 Å². The van der Waals surface area contributed by atoms with Crippen LogP contribution in [0.1, 0.15) is 26.3 Å². The van der Waals surface area contributed by atoms with Crippen molar-refractivity contribution in [1.82, 2.24) is 25.6 Å². The second-order valence-electron chi connectivity index (χ2n) is 7.20. The Morgan fingerprint density at radius 3 is 2.27 bits per heavy atom. The van der Waals surface area contributed by atoms with Crippen LogP contribution in [0, 0.1) is 0 Å².